The van der Waals surface area contributed by atoms with Crippen LogP contribution in [0.15, 0.2) is 48.5 Å². The molecule has 4 N–H and O–H groups in total. The van der Waals surface area contributed by atoms with E-state index in [0.29, 0.717) is 6.07 Å². The van der Waals surface area contributed by atoms with Gasteiger partial charge in [0, 0.05) is 12.5 Å². The van der Waals surface area contributed by atoms with Crippen molar-refractivity contribution in [2.24, 2.45) is 5.73 Å². The van der Waals surface area contributed by atoms with Gasteiger partial charge in [0.2, 0.25) is 5.91 Å². The summed E-state index contributed by atoms with van der Waals surface area (Å²) in [5.41, 5.74) is 5.69. The Kier molecular flexibility index (Phi) is 5.24. The number of halogens is 2. The van der Waals surface area contributed by atoms with Gasteiger partial charge in [0.05, 0.1) is 5.69 Å². The molecule has 1 atom stereocenters. The van der Waals surface area contributed by atoms with Gasteiger partial charge in [-0.1, -0.05) is 30.3 Å². The lowest BCUT2D eigenvalue weighted by atomic mass is 10.1. The fraction of sp³-hybridized carbons (Fsp3) is 0.125. The number of nitrogens with two attached hydrogens (primary N) is 1. The smallest absolute Gasteiger partial charge is 0.312 e. The molecule has 120 valence electrons. The molecule has 0 radical (unpaired) electrons. The number of amides is 3. The number of benzene rings is 2. The van der Waals surface area contributed by atoms with Crippen molar-refractivity contribution >= 4 is 17.6 Å². The second-order valence-corrected chi connectivity index (χ2v) is 4.86. The van der Waals surface area contributed by atoms with Gasteiger partial charge in [0.1, 0.15) is 17.7 Å². The highest BCUT2D eigenvalue weighted by Crippen LogP contribution is 2.15. The molecule has 0 aromatic heterocycles. The minimum absolute atomic E-state index is 0.179. The number of carbonyl (C=O) groups is 2. The first-order valence-corrected chi connectivity index (χ1v) is 6.81. The Labute approximate surface area is 131 Å². The van der Waals surface area contributed by atoms with E-state index in [1.165, 1.54) is 0 Å². The quantitative estimate of drug-likeness (QED) is 0.789. The number of nitrogens with one attached hydrogen (secondary N) is 2. The molecule has 7 heteroatoms. The maximum atomic E-state index is 13.6. The highest BCUT2D eigenvalue weighted by Gasteiger charge is 2.21. The third kappa shape index (κ3) is 4.77. The minimum Gasteiger partial charge on any atom is -0.352 e. The summed E-state index contributed by atoms with van der Waals surface area (Å²) in [6, 6.07) is 9.86. The van der Waals surface area contributed by atoms with Crippen molar-refractivity contribution in [1.82, 2.24) is 5.32 Å². The van der Waals surface area contributed by atoms with E-state index in [9.17, 15) is 18.4 Å². The van der Waals surface area contributed by atoms with Crippen LogP contribution in [0.25, 0.3) is 0 Å². The molecule has 5 nitrogen and oxygen atoms in total. The van der Waals surface area contributed by atoms with Crippen LogP contribution < -0.4 is 16.4 Å². The van der Waals surface area contributed by atoms with Crippen LogP contribution in [0, 0.1) is 11.6 Å². The monoisotopic (exact) mass is 319 g/mol. The van der Waals surface area contributed by atoms with Crippen molar-refractivity contribution in [2.45, 2.75) is 12.5 Å². The molecule has 0 unspecified atom stereocenters. The minimum atomic E-state index is -0.987. The van der Waals surface area contributed by atoms with Gasteiger partial charge < -0.3 is 16.4 Å². The highest BCUT2D eigenvalue weighted by molar-refractivity contribution is 5.97. The van der Waals surface area contributed by atoms with E-state index in [1.54, 1.807) is 24.3 Å². The van der Waals surface area contributed by atoms with Crippen LogP contribution in [0.5, 0.6) is 0 Å². The Morgan fingerprint density at radius 1 is 1.09 bits per heavy atom. The predicted octanol–water partition coefficient (Wildman–Crippen LogP) is 2.18. The molecular weight excluding hydrogens is 304 g/mol. The molecule has 0 aliphatic rings. The molecule has 2 rings (SSSR count). The zero-order valence-corrected chi connectivity index (χ0v) is 12.1. The van der Waals surface area contributed by atoms with Crippen LogP contribution in [0.3, 0.4) is 0 Å². The summed E-state index contributed by atoms with van der Waals surface area (Å²) in [4.78, 5) is 23.3. The molecule has 3 amide bonds. The van der Waals surface area contributed by atoms with Gasteiger partial charge in [-0.05, 0) is 17.7 Å². The molecule has 0 bridgehead atoms. The first-order valence-electron chi connectivity index (χ1n) is 6.81. The number of carbonyl (C=O) groups excluding carboxylic acids is 2. The number of anilines is 1. The lowest BCUT2D eigenvalue weighted by Gasteiger charge is -2.17. The van der Waals surface area contributed by atoms with Crippen molar-refractivity contribution in [3.8, 4) is 0 Å². The van der Waals surface area contributed by atoms with Gasteiger partial charge in [0.15, 0.2) is 0 Å². The zero-order chi connectivity index (χ0) is 16.8. The number of hydrogen-bond donors (Lipinski definition) is 3. The summed E-state index contributed by atoms with van der Waals surface area (Å²) in [6.45, 7) is 0. The Bertz CT molecular complexity index is 708. The summed E-state index contributed by atoms with van der Waals surface area (Å²) in [7, 11) is 0. The third-order valence-corrected chi connectivity index (χ3v) is 3.10. The van der Waals surface area contributed by atoms with Gasteiger partial charge in [-0.25, -0.2) is 13.6 Å². The number of hydrogen-bond acceptors (Lipinski definition) is 2. The van der Waals surface area contributed by atoms with Gasteiger partial charge in [-0.2, -0.15) is 0 Å². The van der Waals surface area contributed by atoms with E-state index in [-0.39, 0.29) is 12.1 Å². The summed E-state index contributed by atoms with van der Waals surface area (Å²) in [5.74, 6) is -2.31. The van der Waals surface area contributed by atoms with Crippen LogP contribution in [-0.2, 0) is 11.2 Å². The number of urea groups is 1. The van der Waals surface area contributed by atoms with Crippen LogP contribution in [0.1, 0.15) is 5.56 Å². The van der Waals surface area contributed by atoms with Crippen molar-refractivity contribution in [2.75, 3.05) is 5.32 Å². The van der Waals surface area contributed by atoms with E-state index < -0.39 is 29.6 Å². The lowest BCUT2D eigenvalue weighted by Crippen LogP contribution is -2.47. The van der Waals surface area contributed by atoms with Gasteiger partial charge >= 0.3 is 6.03 Å². The molecule has 0 aliphatic heterocycles. The highest BCUT2D eigenvalue weighted by atomic mass is 19.1. The predicted molar refractivity (Wildman–Crippen MR) is 81.6 cm³/mol. The molecule has 0 saturated heterocycles. The van der Waals surface area contributed by atoms with Crippen molar-refractivity contribution < 1.29 is 18.4 Å². The summed E-state index contributed by atoms with van der Waals surface area (Å²) in [6.07, 6.45) is 0.179. The summed E-state index contributed by atoms with van der Waals surface area (Å²) >= 11 is 0. The fourth-order valence-corrected chi connectivity index (χ4v) is 2.04. The first kappa shape index (κ1) is 16.4. The first-order chi connectivity index (χ1) is 11.0. The van der Waals surface area contributed by atoms with Crippen LogP contribution in [0.2, 0.25) is 0 Å². The Morgan fingerprint density at radius 2 is 1.78 bits per heavy atom. The third-order valence-electron chi connectivity index (χ3n) is 3.10. The molecule has 2 aromatic carbocycles. The van der Waals surface area contributed by atoms with Crippen molar-refractivity contribution in [1.29, 1.82) is 0 Å². The van der Waals surface area contributed by atoms with Crippen molar-refractivity contribution in [3.05, 3.63) is 65.7 Å². The molecule has 0 saturated carbocycles. The maximum Gasteiger partial charge on any atom is 0.312 e. The Balaban J connectivity index is 2.14. The number of primary amides is 1. The Morgan fingerprint density at radius 3 is 2.39 bits per heavy atom. The Hall–Kier alpha value is -2.96. The van der Waals surface area contributed by atoms with Crippen molar-refractivity contribution in [3.63, 3.8) is 0 Å². The maximum absolute atomic E-state index is 13.6. The summed E-state index contributed by atoms with van der Waals surface area (Å²) < 4.78 is 26.5. The normalized spacial score (nSPS) is 11.6. The second kappa shape index (κ2) is 7.35. The largest absolute Gasteiger partial charge is 0.352 e. The topological polar surface area (TPSA) is 84.2 Å². The van der Waals surface area contributed by atoms with E-state index in [2.05, 4.69) is 10.6 Å². The van der Waals surface area contributed by atoms with Gasteiger partial charge in [-0.3, -0.25) is 4.79 Å². The zero-order valence-electron chi connectivity index (χ0n) is 12.1. The second-order valence-electron chi connectivity index (χ2n) is 4.86. The van der Waals surface area contributed by atoms with E-state index >= 15 is 0 Å². The fourth-order valence-electron chi connectivity index (χ4n) is 2.04. The van der Waals surface area contributed by atoms with E-state index in [0.717, 1.165) is 17.7 Å². The molecular formula is C16H15F2N3O2. The average molecular weight is 319 g/mol. The standard InChI is InChI=1S/C16H15F2N3O2/c17-11-6-7-13(12(18)9-11)20-15(22)14(21-16(19)23)8-10-4-2-1-3-5-10/h1-7,9,14H,8H2,(H,20,22)(H3,19,21,23)/t14-/m1/s1. The van der Waals surface area contributed by atoms with Gasteiger partial charge in [0.25, 0.3) is 0 Å². The van der Waals surface area contributed by atoms with Crippen LogP contribution in [0.4, 0.5) is 19.3 Å². The summed E-state index contributed by atoms with van der Waals surface area (Å²) in [5, 5.41) is 4.62. The SMILES string of the molecule is NC(=O)N[C@H](Cc1ccccc1)C(=O)Nc1ccc(F)cc1F. The van der Waals surface area contributed by atoms with E-state index in [4.69, 9.17) is 5.73 Å². The average Bonchev–Trinajstić information content (AvgIpc) is 2.50. The molecule has 23 heavy (non-hydrogen) atoms. The molecule has 0 spiro atoms. The molecule has 0 fully saturated rings. The molecule has 2 aromatic rings. The lowest BCUT2D eigenvalue weighted by molar-refractivity contribution is -0.117. The molecule has 0 aliphatic carbocycles. The van der Waals surface area contributed by atoms with Crippen LogP contribution in [-0.4, -0.2) is 18.0 Å². The molecule has 0 heterocycles. The van der Waals surface area contributed by atoms with Gasteiger partial charge in [-0.15, -0.1) is 0 Å². The van der Waals surface area contributed by atoms with E-state index in [1.807, 2.05) is 6.07 Å². The number of rotatable bonds is 5. The van der Waals surface area contributed by atoms with Crippen LogP contribution >= 0.6 is 0 Å².